The molecule has 0 aromatic rings. The van der Waals surface area contributed by atoms with Crippen molar-refractivity contribution in [1.29, 1.82) is 0 Å². The molecule has 0 aromatic carbocycles. The zero-order valence-electron chi connectivity index (χ0n) is 10.2. The summed E-state index contributed by atoms with van der Waals surface area (Å²) in [5.41, 5.74) is 0. The predicted molar refractivity (Wildman–Crippen MR) is 64.2 cm³/mol. The second-order valence-corrected chi connectivity index (χ2v) is 4.68. The molecule has 1 atom stereocenters. The number of rotatable bonds is 10. The summed E-state index contributed by atoms with van der Waals surface area (Å²) in [6, 6.07) is 0.853. The van der Waals surface area contributed by atoms with E-state index < -0.39 is 0 Å². The second-order valence-electron chi connectivity index (χ2n) is 4.68. The van der Waals surface area contributed by atoms with Crippen LogP contribution in [-0.2, 0) is 4.74 Å². The van der Waals surface area contributed by atoms with Gasteiger partial charge in [0.05, 0.1) is 0 Å². The van der Waals surface area contributed by atoms with E-state index in [0.717, 1.165) is 25.7 Å². The van der Waals surface area contributed by atoms with Gasteiger partial charge in [-0.25, -0.2) is 0 Å². The summed E-state index contributed by atoms with van der Waals surface area (Å²) in [6.07, 6.45) is 5.24. The van der Waals surface area contributed by atoms with Crippen LogP contribution in [0.2, 0.25) is 0 Å². The first-order valence-electron chi connectivity index (χ1n) is 6.26. The molecule has 15 heavy (non-hydrogen) atoms. The van der Waals surface area contributed by atoms with Crippen molar-refractivity contribution in [3.05, 3.63) is 0 Å². The van der Waals surface area contributed by atoms with Gasteiger partial charge in [-0.1, -0.05) is 6.92 Å². The zero-order chi connectivity index (χ0) is 10.9. The Labute approximate surface area is 94.0 Å². The van der Waals surface area contributed by atoms with Crippen LogP contribution in [0.5, 0.6) is 0 Å². The van der Waals surface area contributed by atoms with Crippen LogP contribution >= 0.6 is 0 Å². The van der Waals surface area contributed by atoms with Crippen LogP contribution in [0.25, 0.3) is 0 Å². The van der Waals surface area contributed by atoms with Crippen LogP contribution in [0.3, 0.4) is 0 Å². The van der Waals surface area contributed by atoms with E-state index in [0.29, 0.717) is 5.92 Å². The topological polar surface area (TPSA) is 33.3 Å². The Bertz CT molecular complexity index is 149. The Morgan fingerprint density at radius 1 is 1.27 bits per heavy atom. The van der Waals surface area contributed by atoms with Gasteiger partial charge in [0.2, 0.25) is 0 Å². The first kappa shape index (κ1) is 12.9. The lowest BCUT2D eigenvalue weighted by atomic mass is 10.1. The van der Waals surface area contributed by atoms with Crippen molar-refractivity contribution < 1.29 is 4.74 Å². The van der Waals surface area contributed by atoms with Gasteiger partial charge in [0.1, 0.15) is 0 Å². The molecule has 1 aliphatic carbocycles. The average molecular weight is 214 g/mol. The Balaban J connectivity index is 1.72. The fourth-order valence-corrected chi connectivity index (χ4v) is 1.65. The predicted octanol–water partition coefficient (Wildman–Crippen LogP) is 1.39. The molecule has 0 aliphatic heterocycles. The van der Waals surface area contributed by atoms with E-state index in [9.17, 15) is 0 Å². The van der Waals surface area contributed by atoms with Gasteiger partial charge < -0.3 is 15.4 Å². The van der Waals surface area contributed by atoms with Gasteiger partial charge in [-0.3, -0.25) is 0 Å². The molecule has 0 heterocycles. The minimum absolute atomic E-state index is 0.673. The molecule has 1 unspecified atom stereocenters. The average Bonchev–Trinajstić information content (AvgIpc) is 3.00. The molecule has 1 fully saturated rings. The Morgan fingerprint density at radius 3 is 2.73 bits per heavy atom. The molecule has 1 aliphatic rings. The fraction of sp³-hybridized carbons (Fsp3) is 1.00. The molecule has 3 nitrogen and oxygen atoms in total. The lowest BCUT2D eigenvalue weighted by molar-refractivity contribution is 0.155. The highest BCUT2D eigenvalue weighted by Gasteiger charge is 2.19. The van der Waals surface area contributed by atoms with E-state index in [1.807, 2.05) is 0 Å². The third-order valence-corrected chi connectivity index (χ3v) is 2.81. The Hall–Kier alpha value is -0.120. The molecular formula is C12H26N2O. The lowest BCUT2D eigenvalue weighted by Crippen LogP contribution is -2.25. The van der Waals surface area contributed by atoms with E-state index in [2.05, 4.69) is 17.6 Å². The van der Waals surface area contributed by atoms with Crippen molar-refractivity contribution in [3.8, 4) is 0 Å². The molecule has 0 radical (unpaired) electrons. The molecule has 0 saturated heterocycles. The number of nitrogens with one attached hydrogen (secondary N) is 2. The van der Waals surface area contributed by atoms with E-state index in [4.69, 9.17) is 4.74 Å². The molecule has 2 N–H and O–H groups in total. The summed E-state index contributed by atoms with van der Waals surface area (Å²) in [4.78, 5) is 0. The van der Waals surface area contributed by atoms with Crippen molar-refractivity contribution in [2.45, 2.75) is 38.6 Å². The number of hydrogen-bond acceptors (Lipinski definition) is 3. The van der Waals surface area contributed by atoms with Crippen LogP contribution in [0.15, 0.2) is 0 Å². The van der Waals surface area contributed by atoms with Gasteiger partial charge in [-0.15, -0.1) is 0 Å². The molecule has 0 aromatic heterocycles. The first-order valence-corrected chi connectivity index (χ1v) is 6.26. The summed E-state index contributed by atoms with van der Waals surface area (Å²) in [6.45, 7) is 6.55. The molecule has 1 rings (SSSR count). The van der Waals surface area contributed by atoms with Gasteiger partial charge in [-0.05, 0) is 51.2 Å². The second kappa shape index (κ2) is 8.08. The third kappa shape index (κ3) is 7.77. The van der Waals surface area contributed by atoms with Gasteiger partial charge >= 0.3 is 0 Å². The Kier molecular flexibility index (Phi) is 6.98. The van der Waals surface area contributed by atoms with Crippen molar-refractivity contribution >= 4 is 0 Å². The van der Waals surface area contributed by atoms with E-state index in [1.54, 1.807) is 7.11 Å². The van der Waals surface area contributed by atoms with Crippen molar-refractivity contribution in [2.75, 3.05) is 33.4 Å². The van der Waals surface area contributed by atoms with Crippen LogP contribution < -0.4 is 10.6 Å². The molecular weight excluding hydrogens is 188 g/mol. The smallest absolute Gasteiger partial charge is 0.0488 e. The first-order chi connectivity index (χ1) is 7.33. The largest absolute Gasteiger partial charge is 0.384 e. The van der Waals surface area contributed by atoms with Crippen LogP contribution in [0, 0.1) is 5.92 Å². The van der Waals surface area contributed by atoms with Crippen LogP contribution in [0.1, 0.15) is 32.6 Å². The van der Waals surface area contributed by atoms with E-state index >= 15 is 0 Å². The monoisotopic (exact) mass is 214 g/mol. The highest BCUT2D eigenvalue weighted by Crippen LogP contribution is 2.18. The highest BCUT2D eigenvalue weighted by molar-refractivity contribution is 4.80. The summed E-state index contributed by atoms with van der Waals surface area (Å²) >= 11 is 0. The molecule has 90 valence electrons. The maximum atomic E-state index is 5.09. The minimum Gasteiger partial charge on any atom is -0.384 e. The number of hydrogen-bond donors (Lipinski definition) is 2. The van der Waals surface area contributed by atoms with Crippen LogP contribution in [-0.4, -0.2) is 39.4 Å². The van der Waals surface area contributed by atoms with E-state index in [-0.39, 0.29) is 0 Å². The molecule has 3 heteroatoms. The van der Waals surface area contributed by atoms with Gasteiger partial charge in [0.25, 0.3) is 0 Å². The number of ether oxygens (including phenoxy) is 1. The highest BCUT2D eigenvalue weighted by atomic mass is 16.5. The summed E-state index contributed by atoms with van der Waals surface area (Å²) in [5, 5.41) is 6.99. The number of methoxy groups -OCH3 is 1. The van der Waals surface area contributed by atoms with E-state index in [1.165, 1.54) is 32.2 Å². The quantitative estimate of drug-likeness (QED) is 0.539. The van der Waals surface area contributed by atoms with Crippen molar-refractivity contribution in [3.63, 3.8) is 0 Å². The maximum Gasteiger partial charge on any atom is 0.0488 e. The SMILES string of the molecule is COCC(C)CCNCCCNC1CC1. The maximum absolute atomic E-state index is 5.09. The standard InChI is InChI=1S/C12H26N2O/c1-11(10-15-2)6-9-13-7-3-8-14-12-4-5-12/h11-14H,3-10H2,1-2H3. The lowest BCUT2D eigenvalue weighted by Gasteiger charge is -2.10. The van der Waals surface area contributed by atoms with Gasteiger partial charge in [0.15, 0.2) is 0 Å². The van der Waals surface area contributed by atoms with Crippen molar-refractivity contribution in [1.82, 2.24) is 10.6 Å². The molecule has 0 bridgehead atoms. The van der Waals surface area contributed by atoms with Gasteiger partial charge in [0, 0.05) is 19.8 Å². The normalized spacial score (nSPS) is 18.0. The summed E-state index contributed by atoms with van der Waals surface area (Å²) in [5.74, 6) is 0.673. The minimum atomic E-state index is 0.673. The third-order valence-electron chi connectivity index (χ3n) is 2.81. The zero-order valence-corrected chi connectivity index (χ0v) is 10.2. The Morgan fingerprint density at radius 2 is 2.07 bits per heavy atom. The summed E-state index contributed by atoms with van der Waals surface area (Å²) < 4.78 is 5.09. The van der Waals surface area contributed by atoms with Gasteiger partial charge in [-0.2, -0.15) is 0 Å². The van der Waals surface area contributed by atoms with Crippen molar-refractivity contribution in [2.24, 2.45) is 5.92 Å². The molecule has 0 spiro atoms. The fourth-order valence-electron chi connectivity index (χ4n) is 1.65. The molecule has 0 amide bonds. The molecule has 1 saturated carbocycles. The summed E-state index contributed by atoms with van der Waals surface area (Å²) in [7, 11) is 1.77. The van der Waals surface area contributed by atoms with Crippen LogP contribution in [0.4, 0.5) is 0 Å².